The van der Waals surface area contributed by atoms with E-state index >= 15 is 0 Å². The summed E-state index contributed by atoms with van der Waals surface area (Å²) in [6, 6.07) is 15.5. The van der Waals surface area contributed by atoms with Crippen LogP contribution < -0.4 is 10.2 Å². The summed E-state index contributed by atoms with van der Waals surface area (Å²) in [5.74, 6) is 0.290. The maximum Gasteiger partial charge on any atom is 0.251 e. The Balaban J connectivity index is 1.98. The first-order valence-electron chi connectivity index (χ1n) is 8.61. The van der Waals surface area contributed by atoms with Crippen molar-refractivity contribution in [3.05, 3.63) is 65.2 Å². The number of nitrogens with one attached hydrogen (secondary N) is 1. The van der Waals surface area contributed by atoms with Gasteiger partial charge in [0.05, 0.1) is 0 Å². The molecule has 0 spiro atoms. The molecule has 0 fully saturated rings. The molecule has 0 radical (unpaired) electrons. The van der Waals surface area contributed by atoms with Crippen molar-refractivity contribution in [1.82, 2.24) is 5.32 Å². The number of nitrogens with zero attached hydrogens (tertiary/aromatic N) is 1. The number of rotatable bonds is 6. The number of anilines is 1. The average molecular weight is 338 g/mol. The van der Waals surface area contributed by atoms with Gasteiger partial charge in [-0.25, -0.2) is 0 Å². The standard InChI is InChI=1S/C21H26N2O2/c1-15(2)18-8-10-20(11-9-18)23(17(4)24)13-12-22-21(25)19-7-5-6-16(3)14-19/h5-11,14-15H,12-13H2,1-4H3,(H,22,25). The highest BCUT2D eigenvalue weighted by molar-refractivity contribution is 5.95. The predicted molar refractivity (Wildman–Crippen MR) is 102 cm³/mol. The summed E-state index contributed by atoms with van der Waals surface area (Å²) in [7, 11) is 0. The van der Waals surface area contributed by atoms with Gasteiger partial charge in [-0.2, -0.15) is 0 Å². The highest BCUT2D eigenvalue weighted by Gasteiger charge is 2.13. The zero-order valence-corrected chi connectivity index (χ0v) is 15.4. The molecule has 2 rings (SSSR count). The quantitative estimate of drug-likeness (QED) is 0.868. The third kappa shape index (κ3) is 5.18. The Labute approximate surface area is 149 Å². The van der Waals surface area contributed by atoms with Gasteiger partial charge < -0.3 is 10.2 Å². The van der Waals surface area contributed by atoms with E-state index in [0.29, 0.717) is 24.6 Å². The molecule has 2 aromatic carbocycles. The van der Waals surface area contributed by atoms with Crippen LogP contribution in [-0.4, -0.2) is 24.9 Å². The van der Waals surface area contributed by atoms with E-state index in [-0.39, 0.29) is 11.8 Å². The fourth-order valence-corrected chi connectivity index (χ4v) is 2.68. The lowest BCUT2D eigenvalue weighted by molar-refractivity contribution is -0.116. The number of benzene rings is 2. The second-order valence-electron chi connectivity index (χ2n) is 6.54. The van der Waals surface area contributed by atoms with E-state index in [9.17, 15) is 9.59 Å². The Morgan fingerprint density at radius 2 is 1.76 bits per heavy atom. The molecule has 0 aromatic heterocycles. The molecule has 1 N–H and O–H groups in total. The summed E-state index contributed by atoms with van der Waals surface area (Å²) in [5.41, 5.74) is 3.76. The second kappa shape index (κ2) is 8.47. The number of aryl methyl sites for hydroxylation is 1. The van der Waals surface area contributed by atoms with Gasteiger partial charge in [0.25, 0.3) is 5.91 Å². The van der Waals surface area contributed by atoms with E-state index in [2.05, 4.69) is 19.2 Å². The Hall–Kier alpha value is -2.62. The van der Waals surface area contributed by atoms with Gasteiger partial charge in [-0.3, -0.25) is 9.59 Å². The zero-order chi connectivity index (χ0) is 18.4. The minimum Gasteiger partial charge on any atom is -0.350 e. The van der Waals surface area contributed by atoms with Crippen LogP contribution in [0.1, 0.15) is 48.2 Å². The van der Waals surface area contributed by atoms with E-state index in [4.69, 9.17) is 0 Å². The molecule has 4 nitrogen and oxygen atoms in total. The minimum absolute atomic E-state index is 0.0397. The summed E-state index contributed by atoms with van der Waals surface area (Å²) in [6.07, 6.45) is 0. The zero-order valence-electron chi connectivity index (χ0n) is 15.4. The molecule has 0 aliphatic rings. The highest BCUT2D eigenvalue weighted by atomic mass is 16.2. The SMILES string of the molecule is CC(=O)N(CCNC(=O)c1cccc(C)c1)c1ccc(C(C)C)cc1. The molecule has 0 aliphatic carbocycles. The van der Waals surface area contributed by atoms with E-state index in [0.717, 1.165) is 11.3 Å². The first kappa shape index (κ1) is 18.7. The van der Waals surface area contributed by atoms with Gasteiger partial charge in [0.2, 0.25) is 5.91 Å². The van der Waals surface area contributed by atoms with E-state index in [1.54, 1.807) is 17.9 Å². The topological polar surface area (TPSA) is 49.4 Å². The third-order valence-corrected chi connectivity index (χ3v) is 4.15. The van der Waals surface area contributed by atoms with Crippen molar-refractivity contribution >= 4 is 17.5 Å². The molecule has 0 saturated heterocycles. The van der Waals surface area contributed by atoms with Crippen molar-refractivity contribution in [2.24, 2.45) is 0 Å². The average Bonchev–Trinajstić information content (AvgIpc) is 2.58. The second-order valence-corrected chi connectivity index (χ2v) is 6.54. The molecule has 0 saturated carbocycles. The molecule has 0 unspecified atom stereocenters. The van der Waals surface area contributed by atoms with Crippen molar-refractivity contribution in [3.63, 3.8) is 0 Å². The maximum absolute atomic E-state index is 12.2. The Morgan fingerprint density at radius 3 is 2.32 bits per heavy atom. The largest absolute Gasteiger partial charge is 0.350 e. The fourth-order valence-electron chi connectivity index (χ4n) is 2.68. The van der Waals surface area contributed by atoms with E-state index < -0.39 is 0 Å². The number of carbonyl (C=O) groups is 2. The Morgan fingerprint density at radius 1 is 1.08 bits per heavy atom. The summed E-state index contributed by atoms with van der Waals surface area (Å²) in [4.78, 5) is 25.8. The number of hydrogen-bond acceptors (Lipinski definition) is 2. The van der Waals surface area contributed by atoms with Crippen molar-refractivity contribution in [1.29, 1.82) is 0 Å². The summed E-state index contributed by atoms with van der Waals surface area (Å²) < 4.78 is 0. The predicted octanol–water partition coefficient (Wildman–Crippen LogP) is 3.90. The van der Waals surface area contributed by atoms with Crippen molar-refractivity contribution in [2.45, 2.75) is 33.6 Å². The summed E-state index contributed by atoms with van der Waals surface area (Å²) >= 11 is 0. The summed E-state index contributed by atoms with van der Waals surface area (Å²) in [6.45, 7) is 8.61. The minimum atomic E-state index is -0.123. The molecule has 2 amide bonds. The molecule has 0 heterocycles. The third-order valence-electron chi connectivity index (χ3n) is 4.15. The Bertz CT molecular complexity index is 736. The molecule has 4 heteroatoms. The lowest BCUT2D eigenvalue weighted by Gasteiger charge is -2.22. The van der Waals surface area contributed by atoms with Gasteiger partial charge in [-0.15, -0.1) is 0 Å². The van der Waals surface area contributed by atoms with Crippen LogP contribution in [0.4, 0.5) is 5.69 Å². The smallest absolute Gasteiger partial charge is 0.251 e. The molecule has 2 aromatic rings. The lowest BCUT2D eigenvalue weighted by atomic mass is 10.0. The van der Waals surface area contributed by atoms with Crippen molar-refractivity contribution < 1.29 is 9.59 Å². The molecule has 0 bridgehead atoms. The van der Waals surface area contributed by atoms with Crippen LogP contribution in [0.3, 0.4) is 0 Å². The van der Waals surface area contributed by atoms with Crippen LogP contribution in [0.5, 0.6) is 0 Å². The van der Waals surface area contributed by atoms with E-state index in [1.165, 1.54) is 5.56 Å². The maximum atomic E-state index is 12.2. The van der Waals surface area contributed by atoms with Crippen LogP contribution in [-0.2, 0) is 4.79 Å². The number of hydrogen-bond donors (Lipinski definition) is 1. The van der Waals surface area contributed by atoms with Gasteiger partial charge in [0, 0.05) is 31.3 Å². The van der Waals surface area contributed by atoms with Crippen LogP contribution in [0.15, 0.2) is 48.5 Å². The molecular formula is C21H26N2O2. The van der Waals surface area contributed by atoms with Gasteiger partial charge in [0.1, 0.15) is 0 Å². The van der Waals surface area contributed by atoms with E-state index in [1.807, 2.05) is 49.4 Å². The van der Waals surface area contributed by atoms with Crippen LogP contribution in [0.2, 0.25) is 0 Å². The molecule has 25 heavy (non-hydrogen) atoms. The van der Waals surface area contributed by atoms with Crippen LogP contribution in [0.25, 0.3) is 0 Å². The van der Waals surface area contributed by atoms with Crippen molar-refractivity contribution in [3.8, 4) is 0 Å². The van der Waals surface area contributed by atoms with Crippen LogP contribution >= 0.6 is 0 Å². The van der Waals surface area contributed by atoms with Crippen molar-refractivity contribution in [2.75, 3.05) is 18.0 Å². The van der Waals surface area contributed by atoms with Gasteiger partial charge >= 0.3 is 0 Å². The van der Waals surface area contributed by atoms with Gasteiger partial charge in [-0.1, -0.05) is 43.7 Å². The first-order chi connectivity index (χ1) is 11.9. The number of amides is 2. The van der Waals surface area contributed by atoms with Gasteiger partial charge in [0.15, 0.2) is 0 Å². The monoisotopic (exact) mass is 338 g/mol. The van der Waals surface area contributed by atoms with Crippen LogP contribution in [0, 0.1) is 6.92 Å². The normalized spacial score (nSPS) is 10.6. The number of carbonyl (C=O) groups excluding carboxylic acids is 2. The summed E-state index contributed by atoms with van der Waals surface area (Å²) in [5, 5.41) is 2.88. The molecule has 0 atom stereocenters. The highest BCUT2D eigenvalue weighted by Crippen LogP contribution is 2.20. The van der Waals surface area contributed by atoms with Gasteiger partial charge in [-0.05, 0) is 42.7 Å². The molecular weight excluding hydrogens is 312 g/mol. The lowest BCUT2D eigenvalue weighted by Crippen LogP contribution is -2.37. The fraction of sp³-hybridized carbons (Fsp3) is 0.333. The molecule has 0 aliphatic heterocycles. The first-order valence-corrected chi connectivity index (χ1v) is 8.61. The Kier molecular flexibility index (Phi) is 6.34. The molecule has 132 valence electrons.